The first kappa shape index (κ1) is 19.0. The minimum absolute atomic E-state index is 0.491. The number of aryl methyl sites for hydroxylation is 1. The van der Waals surface area contributed by atoms with Crippen LogP contribution in [0.4, 0.5) is 11.4 Å². The van der Waals surface area contributed by atoms with Crippen molar-refractivity contribution in [2.75, 3.05) is 5.06 Å². The van der Waals surface area contributed by atoms with Crippen LogP contribution in [0.1, 0.15) is 11.1 Å². The number of nitrogens with zero attached hydrogens (tertiary/aromatic N) is 2. The standard InChI is InChI=1S/C28H22N2O/c1-20-10-2-5-15-23(20)28(29-26-18-8-13-21-11-3-6-16-24(21)26)30(31)27-19-9-14-22-12-4-7-17-25(22)27/h2-19,31H,1H3. The molecule has 0 saturated heterocycles. The van der Waals surface area contributed by atoms with Gasteiger partial charge in [-0.3, -0.25) is 5.21 Å². The molecule has 0 aliphatic rings. The predicted molar refractivity (Wildman–Crippen MR) is 130 cm³/mol. The van der Waals surface area contributed by atoms with E-state index in [2.05, 4.69) is 18.2 Å². The van der Waals surface area contributed by atoms with Crippen molar-refractivity contribution in [3.05, 3.63) is 120 Å². The van der Waals surface area contributed by atoms with Gasteiger partial charge in [0.25, 0.3) is 0 Å². The van der Waals surface area contributed by atoms with Crippen molar-refractivity contribution in [3.8, 4) is 0 Å². The normalized spacial score (nSPS) is 11.7. The molecule has 0 atom stereocenters. The van der Waals surface area contributed by atoms with Crippen LogP contribution in [0.25, 0.3) is 21.5 Å². The van der Waals surface area contributed by atoms with Gasteiger partial charge in [0.05, 0.1) is 11.4 Å². The largest absolute Gasteiger partial charge is 0.282 e. The molecular formula is C28H22N2O. The third-order valence-corrected chi connectivity index (χ3v) is 5.57. The highest BCUT2D eigenvalue weighted by molar-refractivity contribution is 6.14. The Morgan fingerprint density at radius 2 is 1.23 bits per heavy atom. The minimum atomic E-state index is 0.491. The minimum Gasteiger partial charge on any atom is -0.282 e. The fourth-order valence-electron chi connectivity index (χ4n) is 3.97. The van der Waals surface area contributed by atoms with Crippen LogP contribution in [-0.2, 0) is 0 Å². The molecule has 0 heterocycles. The van der Waals surface area contributed by atoms with Gasteiger partial charge < -0.3 is 0 Å². The molecule has 0 aromatic heterocycles. The summed E-state index contributed by atoms with van der Waals surface area (Å²) >= 11 is 0. The Labute approximate surface area is 181 Å². The summed E-state index contributed by atoms with van der Waals surface area (Å²) in [5.74, 6) is 0.491. The zero-order chi connectivity index (χ0) is 21.2. The molecule has 5 rings (SSSR count). The number of hydrogen-bond donors (Lipinski definition) is 1. The maximum absolute atomic E-state index is 11.5. The van der Waals surface area contributed by atoms with E-state index in [1.54, 1.807) is 0 Å². The number of benzene rings is 5. The van der Waals surface area contributed by atoms with Crippen LogP contribution in [0, 0.1) is 6.92 Å². The lowest BCUT2D eigenvalue weighted by Crippen LogP contribution is -2.28. The summed E-state index contributed by atoms with van der Waals surface area (Å²) in [6, 6.07) is 36.2. The summed E-state index contributed by atoms with van der Waals surface area (Å²) < 4.78 is 0. The van der Waals surface area contributed by atoms with Crippen molar-refractivity contribution in [1.82, 2.24) is 0 Å². The molecule has 150 valence electrons. The summed E-state index contributed by atoms with van der Waals surface area (Å²) in [5.41, 5.74) is 3.43. The number of hydroxylamine groups is 1. The van der Waals surface area contributed by atoms with Crippen LogP contribution in [0.3, 0.4) is 0 Å². The molecule has 0 aliphatic carbocycles. The van der Waals surface area contributed by atoms with E-state index < -0.39 is 0 Å². The number of rotatable bonds is 3. The molecule has 5 aromatic rings. The van der Waals surface area contributed by atoms with E-state index in [-0.39, 0.29) is 0 Å². The highest BCUT2D eigenvalue weighted by atomic mass is 16.5. The smallest absolute Gasteiger partial charge is 0.165 e. The van der Waals surface area contributed by atoms with Crippen molar-refractivity contribution >= 4 is 38.8 Å². The Bertz CT molecular complexity index is 1410. The molecule has 31 heavy (non-hydrogen) atoms. The second-order valence-electron chi connectivity index (χ2n) is 7.56. The molecule has 3 nitrogen and oxygen atoms in total. The quantitative estimate of drug-likeness (QED) is 0.196. The molecule has 3 heteroatoms. The van der Waals surface area contributed by atoms with Gasteiger partial charge in [0, 0.05) is 16.3 Å². The summed E-state index contributed by atoms with van der Waals surface area (Å²) in [6.45, 7) is 2.03. The maximum Gasteiger partial charge on any atom is 0.165 e. The zero-order valence-corrected chi connectivity index (χ0v) is 17.2. The Balaban J connectivity index is 1.75. The first-order valence-corrected chi connectivity index (χ1v) is 10.3. The molecule has 0 saturated carbocycles. The van der Waals surface area contributed by atoms with E-state index in [4.69, 9.17) is 4.99 Å². The van der Waals surface area contributed by atoms with Crippen molar-refractivity contribution in [1.29, 1.82) is 0 Å². The SMILES string of the molecule is Cc1ccccc1C(=Nc1cccc2ccccc12)N(O)c1cccc2ccccc12. The Morgan fingerprint density at radius 3 is 2.00 bits per heavy atom. The summed E-state index contributed by atoms with van der Waals surface area (Å²) in [4.78, 5) is 4.99. The van der Waals surface area contributed by atoms with E-state index in [0.717, 1.165) is 38.4 Å². The summed E-state index contributed by atoms with van der Waals surface area (Å²) in [7, 11) is 0. The predicted octanol–water partition coefficient (Wildman–Crippen LogP) is 7.28. The van der Waals surface area contributed by atoms with Crippen molar-refractivity contribution in [2.45, 2.75) is 6.92 Å². The van der Waals surface area contributed by atoms with E-state index in [1.807, 2.05) is 97.9 Å². The van der Waals surface area contributed by atoms with Crippen LogP contribution in [-0.4, -0.2) is 11.0 Å². The second-order valence-corrected chi connectivity index (χ2v) is 7.56. The molecule has 0 aliphatic heterocycles. The molecule has 0 unspecified atom stereocenters. The zero-order valence-electron chi connectivity index (χ0n) is 17.2. The molecule has 0 spiro atoms. The highest BCUT2D eigenvalue weighted by Crippen LogP contribution is 2.31. The Hall–Kier alpha value is -3.95. The van der Waals surface area contributed by atoms with Gasteiger partial charge in [-0.1, -0.05) is 97.1 Å². The van der Waals surface area contributed by atoms with Crippen LogP contribution < -0.4 is 5.06 Å². The van der Waals surface area contributed by atoms with Crippen LogP contribution in [0.2, 0.25) is 0 Å². The van der Waals surface area contributed by atoms with E-state index in [1.165, 1.54) is 5.06 Å². The lowest BCUT2D eigenvalue weighted by atomic mass is 10.1. The topological polar surface area (TPSA) is 35.8 Å². The molecule has 0 fully saturated rings. The van der Waals surface area contributed by atoms with Crippen molar-refractivity contribution < 1.29 is 5.21 Å². The van der Waals surface area contributed by atoms with E-state index in [9.17, 15) is 5.21 Å². The third-order valence-electron chi connectivity index (χ3n) is 5.57. The molecule has 5 aromatic carbocycles. The summed E-state index contributed by atoms with van der Waals surface area (Å²) in [6.07, 6.45) is 0. The molecular weight excluding hydrogens is 380 g/mol. The van der Waals surface area contributed by atoms with Gasteiger partial charge in [0.1, 0.15) is 0 Å². The second kappa shape index (κ2) is 8.05. The van der Waals surface area contributed by atoms with Gasteiger partial charge >= 0.3 is 0 Å². The average Bonchev–Trinajstić information content (AvgIpc) is 2.82. The fourth-order valence-corrected chi connectivity index (χ4v) is 3.97. The fraction of sp³-hybridized carbons (Fsp3) is 0.0357. The first-order valence-electron chi connectivity index (χ1n) is 10.3. The summed E-state index contributed by atoms with van der Waals surface area (Å²) in [5, 5.41) is 16.9. The molecule has 0 bridgehead atoms. The number of amidine groups is 1. The Morgan fingerprint density at radius 1 is 0.645 bits per heavy atom. The number of hydrogen-bond acceptors (Lipinski definition) is 2. The van der Waals surface area contributed by atoms with Gasteiger partial charge in [-0.2, -0.15) is 0 Å². The van der Waals surface area contributed by atoms with Gasteiger partial charge in [-0.05, 0) is 35.4 Å². The van der Waals surface area contributed by atoms with Gasteiger partial charge in [-0.15, -0.1) is 0 Å². The molecule has 1 N–H and O–H groups in total. The number of anilines is 1. The van der Waals surface area contributed by atoms with Crippen molar-refractivity contribution in [3.63, 3.8) is 0 Å². The molecule has 0 amide bonds. The van der Waals surface area contributed by atoms with Crippen LogP contribution in [0.15, 0.2) is 114 Å². The van der Waals surface area contributed by atoms with Gasteiger partial charge in [0.15, 0.2) is 5.84 Å². The van der Waals surface area contributed by atoms with Crippen molar-refractivity contribution in [2.24, 2.45) is 4.99 Å². The van der Waals surface area contributed by atoms with Gasteiger partial charge in [0.2, 0.25) is 0 Å². The van der Waals surface area contributed by atoms with E-state index >= 15 is 0 Å². The molecule has 0 radical (unpaired) electrons. The highest BCUT2D eigenvalue weighted by Gasteiger charge is 2.18. The maximum atomic E-state index is 11.5. The van der Waals surface area contributed by atoms with Gasteiger partial charge in [-0.25, -0.2) is 10.1 Å². The average molecular weight is 402 g/mol. The first-order chi connectivity index (χ1) is 15.2. The number of fused-ring (bicyclic) bond motifs is 2. The monoisotopic (exact) mass is 402 g/mol. The number of aliphatic imine (C=N–C) groups is 1. The lowest BCUT2D eigenvalue weighted by molar-refractivity contribution is 0.314. The van der Waals surface area contributed by atoms with E-state index in [0.29, 0.717) is 11.5 Å². The lowest BCUT2D eigenvalue weighted by Gasteiger charge is -2.22. The Kier molecular flexibility index (Phi) is 4.95. The van der Waals surface area contributed by atoms with Crippen LogP contribution >= 0.6 is 0 Å². The third kappa shape index (κ3) is 3.56. The van der Waals surface area contributed by atoms with Crippen LogP contribution in [0.5, 0.6) is 0 Å².